The maximum Gasteiger partial charge on any atom is 0.314 e. The van der Waals surface area contributed by atoms with Crippen molar-refractivity contribution in [2.24, 2.45) is 5.41 Å². The molecule has 1 atom stereocenters. The summed E-state index contributed by atoms with van der Waals surface area (Å²) in [5.74, 6) is -1.33. The number of ketones is 1. The highest BCUT2D eigenvalue weighted by molar-refractivity contribution is 6.01. The second kappa shape index (κ2) is 7.86. The van der Waals surface area contributed by atoms with Crippen LogP contribution in [-0.2, 0) is 4.79 Å². The Bertz CT molecular complexity index is 1470. The molecule has 35 heavy (non-hydrogen) atoms. The van der Waals surface area contributed by atoms with E-state index in [4.69, 9.17) is 4.74 Å². The molecule has 0 bridgehead atoms. The molecule has 0 unspecified atom stereocenters. The first kappa shape index (κ1) is 22.5. The molecule has 180 valence electrons. The number of phenolic OH excluding ortho intramolecular Hbond substituents is 1. The fraction of sp³-hybridized carbons (Fsp3) is 0.280. The van der Waals surface area contributed by atoms with Gasteiger partial charge in [0.05, 0.1) is 23.3 Å². The van der Waals surface area contributed by atoms with E-state index in [0.29, 0.717) is 34.8 Å². The lowest BCUT2D eigenvalue weighted by molar-refractivity contribution is -0.386. The number of fused-ring (bicyclic) bond motifs is 1. The van der Waals surface area contributed by atoms with E-state index in [1.807, 2.05) is 19.9 Å². The molecule has 0 fully saturated rings. The van der Waals surface area contributed by atoms with E-state index in [1.54, 1.807) is 24.3 Å². The van der Waals surface area contributed by atoms with Crippen molar-refractivity contribution in [3.63, 3.8) is 0 Å². The molecule has 2 aromatic carbocycles. The van der Waals surface area contributed by atoms with Crippen LogP contribution in [0.15, 0.2) is 58.5 Å². The molecular weight excluding hydrogens is 452 g/mol. The normalized spacial score (nSPS) is 18.5. The molecule has 0 radical (unpaired) electrons. The number of hydrogen-bond donors (Lipinski definition) is 3. The number of ether oxygens (including phenoxy) is 1. The van der Waals surface area contributed by atoms with Crippen LogP contribution in [0.5, 0.6) is 11.5 Å². The quantitative estimate of drug-likeness (QED) is 0.382. The van der Waals surface area contributed by atoms with E-state index in [1.165, 1.54) is 23.9 Å². The predicted octanol–water partition coefficient (Wildman–Crippen LogP) is 3.99. The highest BCUT2D eigenvalue weighted by atomic mass is 16.6. The number of nitrogens with zero attached hydrogens (tertiary/aromatic N) is 2. The van der Waals surface area contributed by atoms with E-state index >= 15 is 0 Å². The Labute approximate surface area is 200 Å². The summed E-state index contributed by atoms with van der Waals surface area (Å²) in [6.45, 7) is 3.99. The van der Waals surface area contributed by atoms with Gasteiger partial charge in [0.25, 0.3) is 5.56 Å². The zero-order chi connectivity index (χ0) is 25.1. The van der Waals surface area contributed by atoms with Gasteiger partial charge in [-0.3, -0.25) is 24.8 Å². The van der Waals surface area contributed by atoms with Gasteiger partial charge in [0, 0.05) is 29.7 Å². The van der Waals surface area contributed by atoms with Crippen LogP contribution in [0.25, 0.3) is 5.69 Å². The van der Waals surface area contributed by atoms with Gasteiger partial charge >= 0.3 is 5.69 Å². The number of phenols is 1. The SMILES string of the molecule is COc1cc([C@@H]2C3=C(CC(C)(C)CC3=O)Nc3[nH]n(-c4ccccc4)c(=O)c32)cc([N+](=O)[O-])c1O. The molecule has 0 saturated heterocycles. The summed E-state index contributed by atoms with van der Waals surface area (Å²) in [7, 11) is 1.29. The van der Waals surface area contributed by atoms with Crippen molar-refractivity contribution < 1.29 is 19.6 Å². The van der Waals surface area contributed by atoms with Gasteiger partial charge in [-0.2, -0.15) is 0 Å². The number of aromatic nitrogens is 2. The topological polar surface area (TPSA) is 139 Å². The number of nitrogens with one attached hydrogen (secondary N) is 2. The second-order valence-corrected chi connectivity index (χ2v) is 9.62. The molecule has 2 heterocycles. The molecule has 0 spiro atoms. The molecule has 0 saturated carbocycles. The van der Waals surface area contributed by atoms with Gasteiger partial charge in [0.1, 0.15) is 5.82 Å². The van der Waals surface area contributed by atoms with Crippen molar-refractivity contribution in [3.05, 3.63) is 85.3 Å². The number of rotatable bonds is 4. The standard InChI is InChI=1S/C25H24N4O6/c1-25(2)11-15-20(17(30)12-25)19(13-9-16(29(33)34)22(31)18(10-13)35-3)21-23(26-15)27-28(24(21)32)14-7-5-4-6-8-14/h4-10,19,26-27,31H,11-12H2,1-3H3/t19-/m1/s1. The molecule has 3 N–H and O–H groups in total. The van der Waals surface area contributed by atoms with Crippen molar-refractivity contribution in [2.75, 3.05) is 12.4 Å². The van der Waals surface area contributed by atoms with E-state index in [9.17, 15) is 24.8 Å². The predicted molar refractivity (Wildman–Crippen MR) is 128 cm³/mol. The maximum atomic E-state index is 13.7. The zero-order valence-corrected chi connectivity index (χ0v) is 19.4. The second-order valence-electron chi connectivity index (χ2n) is 9.62. The lowest BCUT2D eigenvalue weighted by Gasteiger charge is -2.37. The Morgan fingerprint density at radius 1 is 1.17 bits per heavy atom. The van der Waals surface area contributed by atoms with Crippen molar-refractivity contribution >= 4 is 17.3 Å². The van der Waals surface area contributed by atoms with E-state index in [0.717, 1.165) is 0 Å². The summed E-state index contributed by atoms with van der Waals surface area (Å²) in [5.41, 5.74) is 0.994. The Hall–Kier alpha value is -4.34. The van der Waals surface area contributed by atoms with Crippen LogP contribution in [0.3, 0.4) is 0 Å². The van der Waals surface area contributed by atoms with E-state index in [-0.39, 0.29) is 34.5 Å². The lowest BCUT2D eigenvalue weighted by atomic mass is 9.69. The molecule has 1 aromatic heterocycles. The number of aromatic amines is 1. The van der Waals surface area contributed by atoms with Crippen LogP contribution >= 0.6 is 0 Å². The number of hydrogen-bond acceptors (Lipinski definition) is 7. The first-order valence-corrected chi connectivity index (χ1v) is 11.1. The van der Waals surface area contributed by atoms with Crippen LogP contribution in [0, 0.1) is 15.5 Å². The minimum absolute atomic E-state index is 0.112. The van der Waals surface area contributed by atoms with E-state index < -0.39 is 22.3 Å². The largest absolute Gasteiger partial charge is 0.500 e. The minimum atomic E-state index is -0.883. The van der Waals surface area contributed by atoms with Crippen molar-refractivity contribution in [1.82, 2.24) is 9.78 Å². The number of para-hydroxylation sites is 1. The Balaban J connectivity index is 1.80. The first-order valence-electron chi connectivity index (χ1n) is 11.1. The number of anilines is 1. The van der Waals surface area contributed by atoms with E-state index in [2.05, 4.69) is 10.4 Å². The molecule has 5 rings (SSSR count). The van der Waals surface area contributed by atoms with Gasteiger partial charge in [-0.25, -0.2) is 4.68 Å². The Morgan fingerprint density at radius 2 is 1.89 bits per heavy atom. The molecule has 0 amide bonds. The molecule has 3 aromatic rings. The van der Waals surface area contributed by atoms with Crippen LogP contribution < -0.4 is 15.6 Å². The smallest absolute Gasteiger partial charge is 0.314 e. The maximum absolute atomic E-state index is 13.7. The highest BCUT2D eigenvalue weighted by Crippen LogP contribution is 2.50. The monoisotopic (exact) mass is 476 g/mol. The summed E-state index contributed by atoms with van der Waals surface area (Å²) in [6.07, 6.45) is 0.827. The van der Waals surface area contributed by atoms with Crippen LogP contribution in [0.4, 0.5) is 11.5 Å². The average Bonchev–Trinajstić information content (AvgIpc) is 3.13. The number of benzene rings is 2. The highest BCUT2D eigenvalue weighted by Gasteiger charge is 2.43. The Morgan fingerprint density at radius 3 is 2.54 bits per heavy atom. The summed E-state index contributed by atoms with van der Waals surface area (Å²) in [5, 5.41) is 28.4. The Kier molecular flexibility index (Phi) is 5.04. The van der Waals surface area contributed by atoms with Crippen LogP contribution in [0.2, 0.25) is 0 Å². The molecule has 10 nitrogen and oxygen atoms in total. The van der Waals surface area contributed by atoms with Crippen molar-refractivity contribution in [2.45, 2.75) is 32.6 Å². The summed E-state index contributed by atoms with van der Waals surface area (Å²) in [4.78, 5) is 38.1. The number of H-pyrrole nitrogens is 1. The number of carbonyl (C=O) groups is 1. The average molecular weight is 476 g/mol. The third-order valence-corrected chi connectivity index (χ3v) is 6.54. The van der Waals surface area contributed by atoms with Crippen molar-refractivity contribution in [3.8, 4) is 17.2 Å². The summed E-state index contributed by atoms with van der Waals surface area (Å²) in [6, 6.07) is 11.6. The fourth-order valence-corrected chi connectivity index (χ4v) is 5.06. The number of nitro groups is 1. The fourth-order valence-electron chi connectivity index (χ4n) is 5.06. The summed E-state index contributed by atoms with van der Waals surface area (Å²) < 4.78 is 6.57. The van der Waals surface area contributed by atoms with Gasteiger partial charge in [-0.05, 0) is 35.6 Å². The number of carbonyl (C=O) groups excluding carboxylic acids is 1. The number of methoxy groups -OCH3 is 1. The van der Waals surface area contributed by atoms with Crippen molar-refractivity contribution in [1.29, 1.82) is 0 Å². The van der Waals surface area contributed by atoms with Gasteiger partial charge in [-0.15, -0.1) is 0 Å². The molecule has 1 aliphatic heterocycles. The molecule has 1 aliphatic carbocycles. The van der Waals surface area contributed by atoms with Crippen LogP contribution in [-0.4, -0.2) is 32.7 Å². The van der Waals surface area contributed by atoms with Gasteiger partial charge < -0.3 is 15.2 Å². The number of allylic oxidation sites excluding steroid dienone is 2. The van der Waals surface area contributed by atoms with Gasteiger partial charge in [0.15, 0.2) is 11.5 Å². The van der Waals surface area contributed by atoms with Gasteiger partial charge in [-0.1, -0.05) is 32.0 Å². The molecule has 2 aliphatic rings. The summed E-state index contributed by atoms with van der Waals surface area (Å²) >= 11 is 0. The third-order valence-electron chi connectivity index (χ3n) is 6.54. The third kappa shape index (κ3) is 3.58. The number of Topliss-reactive ketones (excluding diaryl/α,β-unsaturated/α-hetero) is 1. The number of nitro benzene ring substituents is 1. The van der Waals surface area contributed by atoms with Crippen LogP contribution in [0.1, 0.15) is 43.7 Å². The molecular formula is C25H24N4O6. The minimum Gasteiger partial charge on any atom is -0.500 e. The lowest BCUT2D eigenvalue weighted by Crippen LogP contribution is -2.35. The molecule has 10 heteroatoms. The van der Waals surface area contributed by atoms with Gasteiger partial charge in [0.2, 0.25) is 5.75 Å². The first-order chi connectivity index (χ1) is 16.6. The zero-order valence-electron chi connectivity index (χ0n) is 19.4. The number of aromatic hydroxyl groups is 1.